The Labute approximate surface area is 113 Å². The van der Waals surface area contributed by atoms with Crippen molar-refractivity contribution in [2.75, 3.05) is 7.11 Å². The molecule has 0 bridgehead atoms. The summed E-state index contributed by atoms with van der Waals surface area (Å²) in [6, 6.07) is 1.59. The van der Waals surface area contributed by atoms with Crippen LogP contribution in [0.1, 0.15) is 38.6 Å². The van der Waals surface area contributed by atoms with Crippen LogP contribution in [0.3, 0.4) is 0 Å². The number of nitrogens with zero attached hydrogens (tertiary/aromatic N) is 1. The van der Waals surface area contributed by atoms with Crippen molar-refractivity contribution in [3.05, 3.63) is 17.5 Å². The molecule has 1 heterocycles. The summed E-state index contributed by atoms with van der Waals surface area (Å²) >= 11 is 0. The molecule has 1 rings (SSSR count). The fraction of sp³-hybridized carbons (Fsp3) is 0.692. The van der Waals surface area contributed by atoms with E-state index in [4.69, 9.17) is 9.26 Å². The maximum Gasteiger partial charge on any atom is 0.315 e. The molecule has 0 aliphatic rings. The molecule has 19 heavy (non-hydrogen) atoms. The van der Waals surface area contributed by atoms with Crippen LogP contribution in [0.15, 0.2) is 10.6 Å². The number of methoxy groups -OCH3 is 1. The number of hydrogen-bond donors (Lipinski definition) is 2. The van der Waals surface area contributed by atoms with Gasteiger partial charge in [0, 0.05) is 19.2 Å². The van der Waals surface area contributed by atoms with Crippen molar-refractivity contribution >= 4 is 6.03 Å². The predicted octanol–water partition coefficient (Wildman–Crippen LogP) is 1.99. The summed E-state index contributed by atoms with van der Waals surface area (Å²) in [5.41, 5.74) is 0.452. The monoisotopic (exact) mass is 269 g/mol. The molecule has 0 aromatic carbocycles. The van der Waals surface area contributed by atoms with Gasteiger partial charge in [-0.25, -0.2) is 4.79 Å². The zero-order chi connectivity index (χ0) is 14.5. The van der Waals surface area contributed by atoms with Crippen molar-refractivity contribution in [3.8, 4) is 0 Å². The van der Waals surface area contributed by atoms with Crippen molar-refractivity contribution in [2.24, 2.45) is 0 Å². The third-order valence-electron chi connectivity index (χ3n) is 2.83. The zero-order valence-corrected chi connectivity index (χ0v) is 12.2. The lowest BCUT2D eigenvalue weighted by atomic mass is 10.00. The Morgan fingerprint density at radius 3 is 2.79 bits per heavy atom. The summed E-state index contributed by atoms with van der Waals surface area (Å²) in [6.07, 6.45) is 0.736. The van der Waals surface area contributed by atoms with Crippen molar-refractivity contribution in [1.82, 2.24) is 15.8 Å². The Morgan fingerprint density at radius 2 is 2.26 bits per heavy atom. The van der Waals surface area contributed by atoms with Crippen LogP contribution in [0, 0.1) is 6.92 Å². The Kier molecular flexibility index (Phi) is 5.35. The smallest absolute Gasteiger partial charge is 0.315 e. The SMILES string of the molecule is COC(C)(C)C[C@@H](C)NC(=O)NCc1cc(C)on1. The molecule has 1 atom stereocenters. The van der Waals surface area contributed by atoms with E-state index in [-0.39, 0.29) is 17.7 Å². The number of aryl methyl sites for hydroxylation is 1. The number of carbonyl (C=O) groups excluding carboxylic acids is 1. The highest BCUT2D eigenvalue weighted by molar-refractivity contribution is 5.74. The average molecular weight is 269 g/mol. The van der Waals surface area contributed by atoms with Gasteiger partial charge in [-0.2, -0.15) is 0 Å². The topological polar surface area (TPSA) is 76.4 Å². The van der Waals surface area contributed by atoms with Gasteiger partial charge < -0.3 is 19.9 Å². The van der Waals surface area contributed by atoms with Crippen LogP contribution in [-0.2, 0) is 11.3 Å². The van der Waals surface area contributed by atoms with Crippen LogP contribution in [0.25, 0.3) is 0 Å². The summed E-state index contributed by atoms with van der Waals surface area (Å²) < 4.78 is 10.2. The van der Waals surface area contributed by atoms with Gasteiger partial charge in [0.1, 0.15) is 11.5 Å². The van der Waals surface area contributed by atoms with E-state index < -0.39 is 0 Å². The van der Waals surface area contributed by atoms with E-state index in [1.165, 1.54) is 0 Å². The van der Waals surface area contributed by atoms with Gasteiger partial charge in [0.15, 0.2) is 0 Å². The maximum absolute atomic E-state index is 11.7. The number of amides is 2. The lowest BCUT2D eigenvalue weighted by molar-refractivity contribution is 0.00950. The summed E-state index contributed by atoms with van der Waals surface area (Å²) in [5, 5.41) is 9.39. The van der Waals surface area contributed by atoms with E-state index in [9.17, 15) is 4.79 Å². The Hall–Kier alpha value is -1.56. The molecular weight excluding hydrogens is 246 g/mol. The molecule has 0 saturated heterocycles. The first-order valence-electron chi connectivity index (χ1n) is 6.34. The number of nitrogens with one attached hydrogen (secondary N) is 2. The first kappa shape index (κ1) is 15.5. The molecular formula is C13H23N3O3. The second kappa shape index (κ2) is 6.56. The van der Waals surface area contributed by atoms with E-state index in [1.807, 2.05) is 27.7 Å². The van der Waals surface area contributed by atoms with E-state index in [1.54, 1.807) is 13.2 Å². The van der Waals surface area contributed by atoms with Gasteiger partial charge in [-0.3, -0.25) is 0 Å². The van der Waals surface area contributed by atoms with Crippen LogP contribution in [-0.4, -0.2) is 29.9 Å². The molecule has 6 heteroatoms. The summed E-state index contributed by atoms with van der Waals surface area (Å²) in [5.74, 6) is 0.729. The molecule has 108 valence electrons. The van der Waals surface area contributed by atoms with Crippen LogP contribution >= 0.6 is 0 Å². The van der Waals surface area contributed by atoms with Crippen LogP contribution in [0.4, 0.5) is 4.79 Å². The summed E-state index contributed by atoms with van der Waals surface area (Å²) in [6.45, 7) is 8.08. The highest BCUT2D eigenvalue weighted by Crippen LogP contribution is 2.15. The fourth-order valence-electron chi connectivity index (χ4n) is 1.82. The number of aromatic nitrogens is 1. The maximum atomic E-state index is 11.7. The van der Waals surface area contributed by atoms with E-state index in [2.05, 4.69) is 15.8 Å². The average Bonchev–Trinajstić information content (AvgIpc) is 2.71. The molecule has 2 N–H and O–H groups in total. The second-order valence-corrected chi connectivity index (χ2v) is 5.32. The quantitative estimate of drug-likeness (QED) is 0.828. The Bertz CT molecular complexity index is 415. The molecule has 1 aromatic rings. The van der Waals surface area contributed by atoms with Gasteiger partial charge in [0.2, 0.25) is 0 Å². The largest absolute Gasteiger partial charge is 0.379 e. The van der Waals surface area contributed by atoms with E-state index in [0.29, 0.717) is 12.2 Å². The van der Waals surface area contributed by atoms with Crippen LogP contribution in [0.5, 0.6) is 0 Å². The molecule has 6 nitrogen and oxygen atoms in total. The highest BCUT2D eigenvalue weighted by Gasteiger charge is 2.21. The first-order valence-corrected chi connectivity index (χ1v) is 6.34. The van der Waals surface area contributed by atoms with Crippen molar-refractivity contribution < 1.29 is 14.1 Å². The Morgan fingerprint density at radius 1 is 1.58 bits per heavy atom. The van der Waals surface area contributed by atoms with Crippen molar-refractivity contribution in [3.63, 3.8) is 0 Å². The number of urea groups is 1. The molecule has 0 fully saturated rings. The summed E-state index contributed by atoms with van der Waals surface area (Å²) in [4.78, 5) is 11.7. The normalized spacial score (nSPS) is 13.1. The Balaban J connectivity index is 2.31. The van der Waals surface area contributed by atoms with E-state index in [0.717, 1.165) is 12.2 Å². The number of hydrogen-bond acceptors (Lipinski definition) is 4. The molecule has 0 aliphatic carbocycles. The van der Waals surface area contributed by atoms with Gasteiger partial charge in [-0.15, -0.1) is 0 Å². The van der Waals surface area contributed by atoms with E-state index >= 15 is 0 Å². The van der Waals surface area contributed by atoms with Crippen LogP contribution < -0.4 is 10.6 Å². The molecule has 0 saturated carbocycles. The van der Waals surface area contributed by atoms with Crippen LogP contribution in [0.2, 0.25) is 0 Å². The van der Waals surface area contributed by atoms with Gasteiger partial charge in [-0.1, -0.05) is 5.16 Å². The minimum Gasteiger partial charge on any atom is -0.379 e. The third kappa shape index (κ3) is 5.74. The summed E-state index contributed by atoms with van der Waals surface area (Å²) in [7, 11) is 1.67. The lowest BCUT2D eigenvalue weighted by Crippen LogP contribution is -2.43. The third-order valence-corrected chi connectivity index (χ3v) is 2.83. The molecule has 0 unspecified atom stereocenters. The standard InChI is InChI=1S/C13H23N3O3/c1-9(7-13(3,4)18-5)15-12(17)14-8-11-6-10(2)19-16-11/h6,9H,7-8H2,1-5H3,(H2,14,15,17)/t9-/m1/s1. The van der Waals surface area contributed by atoms with Crippen molar-refractivity contribution in [2.45, 2.75) is 52.3 Å². The molecule has 0 spiro atoms. The first-order chi connectivity index (χ1) is 8.82. The predicted molar refractivity (Wildman–Crippen MR) is 71.8 cm³/mol. The molecule has 2 amide bonds. The number of rotatable bonds is 6. The van der Waals surface area contributed by atoms with Gasteiger partial charge in [-0.05, 0) is 34.1 Å². The lowest BCUT2D eigenvalue weighted by Gasteiger charge is -2.27. The van der Waals surface area contributed by atoms with Gasteiger partial charge >= 0.3 is 6.03 Å². The molecule has 0 aliphatic heterocycles. The zero-order valence-electron chi connectivity index (χ0n) is 12.2. The molecule has 1 aromatic heterocycles. The minimum absolute atomic E-state index is 0.0222. The van der Waals surface area contributed by atoms with Gasteiger partial charge in [0.05, 0.1) is 12.1 Å². The molecule has 0 radical (unpaired) electrons. The number of carbonyl (C=O) groups is 1. The fourth-order valence-corrected chi connectivity index (χ4v) is 1.82. The van der Waals surface area contributed by atoms with Gasteiger partial charge in [0.25, 0.3) is 0 Å². The number of ether oxygens (including phenoxy) is 1. The second-order valence-electron chi connectivity index (χ2n) is 5.32. The minimum atomic E-state index is -0.254. The highest BCUT2D eigenvalue weighted by atomic mass is 16.5. The van der Waals surface area contributed by atoms with Crippen molar-refractivity contribution in [1.29, 1.82) is 0 Å².